The zero-order valence-corrected chi connectivity index (χ0v) is 11.0. The highest BCUT2D eigenvalue weighted by Crippen LogP contribution is 2.10. The first-order valence-corrected chi connectivity index (χ1v) is 6.34. The summed E-state index contributed by atoms with van der Waals surface area (Å²) in [4.78, 5) is 11.9. The maximum atomic E-state index is 11.9. The highest BCUT2D eigenvalue weighted by molar-refractivity contribution is 6.30. The number of carbonyl (C=O) groups excluding carboxylic acids is 1. The van der Waals surface area contributed by atoms with Gasteiger partial charge >= 0.3 is 0 Å². The Hall–Kier alpha value is -1.10. The molecule has 2 atom stereocenters. The largest absolute Gasteiger partial charge is 0.378 e. The first-order valence-electron chi connectivity index (χ1n) is 5.96. The van der Waals surface area contributed by atoms with Crippen LogP contribution in [0.1, 0.15) is 5.56 Å². The van der Waals surface area contributed by atoms with E-state index < -0.39 is 0 Å². The fourth-order valence-electron chi connectivity index (χ4n) is 2.09. The van der Waals surface area contributed by atoms with Gasteiger partial charge in [-0.25, -0.2) is 0 Å². The maximum Gasteiger partial charge on any atom is 0.224 e. The summed E-state index contributed by atoms with van der Waals surface area (Å²) in [5, 5.41) is 6.86. The summed E-state index contributed by atoms with van der Waals surface area (Å²) in [5.74, 6) is 0.00747. The van der Waals surface area contributed by atoms with Crippen molar-refractivity contribution in [3.05, 3.63) is 34.9 Å². The van der Waals surface area contributed by atoms with E-state index in [0.29, 0.717) is 11.4 Å². The lowest BCUT2D eigenvalue weighted by Crippen LogP contribution is -2.44. The zero-order chi connectivity index (χ0) is 13.0. The van der Waals surface area contributed by atoms with Crippen LogP contribution in [0, 0.1) is 0 Å². The third-order valence-corrected chi connectivity index (χ3v) is 3.34. The predicted molar refractivity (Wildman–Crippen MR) is 70.8 cm³/mol. The van der Waals surface area contributed by atoms with Gasteiger partial charge < -0.3 is 15.4 Å². The van der Waals surface area contributed by atoms with Gasteiger partial charge in [-0.15, -0.1) is 0 Å². The lowest BCUT2D eigenvalue weighted by molar-refractivity contribution is -0.121. The summed E-state index contributed by atoms with van der Waals surface area (Å²) in [7, 11) is 1.66. The van der Waals surface area contributed by atoms with Crippen molar-refractivity contribution in [2.24, 2.45) is 0 Å². The number of ether oxygens (including phenoxy) is 1. The van der Waals surface area contributed by atoms with Crippen LogP contribution in [0.25, 0.3) is 0 Å². The van der Waals surface area contributed by atoms with E-state index in [1.807, 2.05) is 12.1 Å². The maximum absolute atomic E-state index is 11.9. The lowest BCUT2D eigenvalue weighted by Gasteiger charge is -2.18. The molecule has 1 heterocycles. The first-order chi connectivity index (χ1) is 8.69. The summed E-state index contributed by atoms with van der Waals surface area (Å²) in [5.41, 5.74) is 0.955. The molecule has 1 aromatic rings. The molecule has 2 N–H and O–H groups in total. The summed E-state index contributed by atoms with van der Waals surface area (Å²) in [6.45, 7) is 1.53. The number of rotatable bonds is 4. The van der Waals surface area contributed by atoms with Gasteiger partial charge in [0.1, 0.15) is 0 Å². The molecule has 5 heteroatoms. The molecule has 1 amide bonds. The Morgan fingerprint density at radius 3 is 2.83 bits per heavy atom. The van der Waals surface area contributed by atoms with Gasteiger partial charge in [-0.1, -0.05) is 23.7 Å². The van der Waals surface area contributed by atoms with Crippen LogP contribution in [0.2, 0.25) is 5.02 Å². The second-order valence-electron chi connectivity index (χ2n) is 4.41. The average molecular weight is 269 g/mol. The molecule has 1 aliphatic heterocycles. The molecule has 1 aromatic carbocycles. The van der Waals surface area contributed by atoms with Crippen molar-refractivity contribution in [3.8, 4) is 0 Å². The number of hydrogen-bond acceptors (Lipinski definition) is 3. The third kappa shape index (κ3) is 3.45. The molecule has 0 bridgehead atoms. The Bertz CT molecular complexity index is 408. The number of halogens is 1. The second kappa shape index (κ2) is 6.18. The van der Waals surface area contributed by atoms with E-state index >= 15 is 0 Å². The van der Waals surface area contributed by atoms with Gasteiger partial charge in [0.2, 0.25) is 5.91 Å². The van der Waals surface area contributed by atoms with E-state index in [2.05, 4.69) is 10.6 Å². The van der Waals surface area contributed by atoms with Crippen LogP contribution in [0.3, 0.4) is 0 Å². The van der Waals surface area contributed by atoms with E-state index in [9.17, 15) is 4.79 Å². The SMILES string of the molecule is CO[C@@H]1CNCC1NC(=O)Cc1ccc(Cl)cc1. The number of amides is 1. The van der Waals surface area contributed by atoms with Crippen molar-refractivity contribution in [2.75, 3.05) is 20.2 Å². The summed E-state index contributed by atoms with van der Waals surface area (Å²) >= 11 is 5.80. The number of benzene rings is 1. The van der Waals surface area contributed by atoms with Gasteiger partial charge in [0.25, 0.3) is 0 Å². The lowest BCUT2D eigenvalue weighted by atomic mass is 10.1. The second-order valence-corrected chi connectivity index (χ2v) is 4.85. The molecule has 1 fully saturated rings. The highest BCUT2D eigenvalue weighted by Gasteiger charge is 2.27. The van der Waals surface area contributed by atoms with Crippen molar-refractivity contribution in [3.63, 3.8) is 0 Å². The van der Waals surface area contributed by atoms with Crippen LogP contribution < -0.4 is 10.6 Å². The van der Waals surface area contributed by atoms with Gasteiger partial charge in [-0.3, -0.25) is 4.79 Å². The fraction of sp³-hybridized carbons (Fsp3) is 0.462. The Balaban J connectivity index is 1.86. The number of carbonyl (C=O) groups is 1. The molecule has 0 aromatic heterocycles. The average Bonchev–Trinajstić information content (AvgIpc) is 2.79. The van der Waals surface area contributed by atoms with Crippen molar-refractivity contribution in [1.82, 2.24) is 10.6 Å². The fourth-order valence-corrected chi connectivity index (χ4v) is 2.22. The first kappa shape index (κ1) is 13.3. The van der Waals surface area contributed by atoms with Gasteiger partial charge in [0.05, 0.1) is 18.6 Å². The molecule has 0 radical (unpaired) electrons. The van der Waals surface area contributed by atoms with Crippen molar-refractivity contribution >= 4 is 17.5 Å². The Morgan fingerprint density at radius 2 is 2.17 bits per heavy atom. The molecule has 2 rings (SSSR count). The molecule has 0 saturated carbocycles. The Kier molecular flexibility index (Phi) is 4.58. The molecule has 1 saturated heterocycles. The van der Waals surface area contributed by atoms with E-state index in [0.717, 1.165) is 18.7 Å². The smallest absolute Gasteiger partial charge is 0.224 e. The van der Waals surface area contributed by atoms with Crippen molar-refractivity contribution in [2.45, 2.75) is 18.6 Å². The third-order valence-electron chi connectivity index (χ3n) is 3.09. The van der Waals surface area contributed by atoms with Crippen molar-refractivity contribution < 1.29 is 9.53 Å². The Labute approximate surface area is 112 Å². The number of methoxy groups -OCH3 is 1. The quantitative estimate of drug-likeness (QED) is 0.856. The molecule has 4 nitrogen and oxygen atoms in total. The van der Waals surface area contributed by atoms with Crippen LogP contribution in [-0.4, -0.2) is 38.3 Å². The molecule has 0 aliphatic carbocycles. The molecule has 0 spiro atoms. The summed E-state index contributed by atoms with van der Waals surface area (Å²) in [6, 6.07) is 7.36. The van der Waals surface area contributed by atoms with Gasteiger partial charge in [-0.05, 0) is 17.7 Å². The zero-order valence-electron chi connectivity index (χ0n) is 10.3. The minimum Gasteiger partial charge on any atom is -0.378 e. The van der Waals surface area contributed by atoms with E-state index in [1.165, 1.54) is 0 Å². The van der Waals surface area contributed by atoms with Gasteiger partial charge in [0.15, 0.2) is 0 Å². The van der Waals surface area contributed by atoms with Crippen LogP contribution in [0.4, 0.5) is 0 Å². The molecule has 1 unspecified atom stereocenters. The minimum absolute atomic E-state index is 0.00747. The van der Waals surface area contributed by atoms with E-state index in [-0.39, 0.29) is 18.1 Å². The van der Waals surface area contributed by atoms with Crippen LogP contribution in [-0.2, 0) is 16.0 Å². The molecule has 1 aliphatic rings. The number of hydrogen-bond donors (Lipinski definition) is 2. The van der Waals surface area contributed by atoms with Crippen LogP contribution in [0.5, 0.6) is 0 Å². The monoisotopic (exact) mass is 268 g/mol. The van der Waals surface area contributed by atoms with Crippen molar-refractivity contribution in [1.29, 1.82) is 0 Å². The van der Waals surface area contributed by atoms with E-state index in [1.54, 1.807) is 19.2 Å². The van der Waals surface area contributed by atoms with Crippen LogP contribution >= 0.6 is 11.6 Å². The highest BCUT2D eigenvalue weighted by atomic mass is 35.5. The Morgan fingerprint density at radius 1 is 1.44 bits per heavy atom. The predicted octanol–water partition coefficient (Wildman–Crippen LogP) is 0.986. The van der Waals surface area contributed by atoms with Gasteiger partial charge in [0, 0.05) is 25.2 Å². The topological polar surface area (TPSA) is 50.4 Å². The molecular weight excluding hydrogens is 252 g/mol. The standard InChI is InChI=1S/C13H17ClN2O2/c1-18-12-8-15-7-11(12)16-13(17)6-9-2-4-10(14)5-3-9/h2-5,11-12,15H,6-8H2,1H3,(H,16,17)/t11?,12-/m1/s1. The summed E-state index contributed by atoms with van der Waals surface area (Å²) < 4.78 is 5.30. The minimum atomic E-state index is 0.00747. The number of nitrogens with one attached hydrogen (secondary N) is 2. The normalized spacial score (nSPS) is 23.0. The molecular formula is C13H17ClN2O2. The van der Waals surface area contributed by atoms with Gasteiger partial charge in [-0.2, -0.15) is 0 Å². The van der Waals surface area contributed by atoms with E-state index in [4.69, 9.17) is 16.3 Å². The summed E-state index contributed by atoms with van der Waals surface area (Å²) in [6.07, 6.45) is 0.420. The molecule has 18 heavy (non-hydrogen) atoms. The molecule has 98 valence electrons. The van der Waals surface area contributed by atoms with Crippen LogP contribution in [0.15, 0.2) is 24.3 Å².